The van der Waals surface area contributed by atoms with Gasteiger partial charge in [-0.1, -0.05) is 52.7 Å². The molecular weight excluding hydrogens is 418 g/mol. The maximum absolute atomic E-state index is 10.6. The Morgan fingerprint density at radius 3 is 2.38 bits per heavy atom. The fourth-order valence-corrected chi connectivity index (χ4v) is 3.90. The number of hydrogen-bond donors (Lipinski definition) is 2. The fourth-order valence-electron chi connectivity index (χ4n) is 3.36. The number of aromatic hydroxyl groups is 1. The van der Waals surface area contributed by atoms with Crippen molar-refractivity contribution in [3.05, 3.63) is 47.0 Å². The molecule has 174 valence electrons. The normalized spacial score (nSPS) is 15.8. The molecule has 2 aliphatic heterocycles. The Labute approximate surface area is 197 Å². The number of benzene rings is 1. The summed E-state index contributed by atoms with van der Waals surface area (Å²) in [7, 11) is 0. The van der Waals surface area contributed by atoms with Crippen LogP contribution in [0.1, 0.15) is 59.4 Å². The van der Waals surface area contributed by atoms with Gasteiger partial charge in [-0.25, -0.2) is 4.37 Å². The summed E-state index contributed by atoms with van der Waals surface area (Å²) < 4.78 is 4.13. The molecule has 1 saturated heterocycles. The third-order valence-corrected chi connectivity index (χ3v) is 5.56. The summed E-state index contributed by atoms with van der Waals surface area (Å²) >= 11 is 1.40. The minimum Gasteiger partial charge on any atom is -0.507 e. The highest BCUT2D eigenvalue weighted by molar-refractivity contribution is 7.03. The number of hydrogen-bond acceptors (Lipinski definition) is 7. The van der Waals surface area contributed by atoms with Crippen LogP contribution in [0.2, 0.25) is 0 Å². The van der Waals surface area contributed by atoms with Crippen molar-refractivity contribution in [2.75, 3.05) is 26.2 Å². The standard InChI is InChI=1S/C20H23N5OS.C3H8.C2H6/c1-2-14-9-18(23-24-20(10-14)25-7-5-21-6-8-25)17-4-3-15(11-19(17)26)16-12-22-27-13-16;1-3-2;1-2/h3-4,9,11-13,21,26H,2,5-8,10H2,1H3;3H2,1-2H3;1-2H3. The van der Waals surface area contributed by atoms with E-state index in [1.807, 2.05) is 31.4 Å². The number of aromatic nitrogens is 1. The highest BCUT2D eigenvalue weighted by atomic mass is 32.1. The van der Waals surface area contributed by atoms with Crippen molar-refractivity contribution in [3.63, 3.8) is 0 Å². The zero-order valence-corrected chi connectivity index (χ0v) is 20.9. The van der Waals surface area contributed by atoms with Crippen molar-refractivity contribution in [2.45, 2.75) is 53.9 Å². The summed E-state index contributed by atoms with van der Waals surface area (Å²) in [5.74, 6) is 1.23. The van der Waals surface area contributed by atoms with Gasteiger partial charge in [-0.15, -0.1) is 10.2 Å². The van der Waals surface area contributed by atoms with E-state index in [4.69, 9.17) is 0 Å². The summed E-state index contributed by atoms with van der Waals surface area (Å²) in [5.41, 5.74) is 4.65. The van der Waals surface area contributed by atoms with Crippen LogP contribution in [0.25, 0.3) is 11.1 Å². The molecule has 0 spiro atoms. The van der Waals surface area contributed by atoms with Gasteiger partial charge >= 0.3 is 0 Å². The minimum atomic E-state index is 0.213. The summed E-state index contributed by atoms with van der Waals surface area (Å²) in [4.78, 5) is 2.30. The third kappa shape index (κ3) is 7.00. The van der Waals surface area contributed by atoms with Crippen molar-refractivity contribution >= 4 is 23.1 Å². The Morgan fingerprint density at radius 2 is 1.78 bits per heavy atom. The van der Waals surface area contributed by atoms with Crippen molar-refractivity contribution in [2.24, 2.45) is 10.2 Å². The lowest BCUT2D eigenvalue weighted by Crippen LogP contribution is -2.46. The number of nitrogens with zero attached hydrogens (tertiary/aromatic N) is 4. The Kier molecular flexibility index (Phi) is 11.1. The number of phenols is 1. The van der Waals surface area contributed by atoms with Crippen LogP contribution in [0.4, 0.5) is 0 Å². The number of amidine groups is 1. The van der Waals surface area contributed by atoms with E-state index in [-0.39, 0.29) is 5.75 Å². The molecule has 4 rings (SSSR count). The molecule has 0 unspecified atom stereocenters. The molecule has 2 aromatic rings. The Hall–Kier alpha value is -2.51. The lowest BCUT2D eigenvalue weighted by molar-refractivity contribution is 0.352. The van der Waals surface area contributed by atoms with E-state index in [1.54, 1.807) is 12.3 Å². The first-order valence-electron chi connectivity index (χ1n) is 11.7. The largest absolute Gasteiger partial charge is 0.507 e. The van der Waals surface area contributed by atoms with Gasteiger partial charge < -0.3 is 15.3 Å². The number of nitrogens with one attached hydrogen (secondary N) is 1. The van der Waals surface area contributed by atoms with Crippen LogP contribution in [0, 0.1) is 0 Å². The van der Waals surface area contributed by atoms with Crippen molar-refractivity contribution in [1.82, 2.24) is 14.6 Å². The topological polar surface area (TPSA) is 73.1 Å². The van der Waals surface area contributed by atoms with Gasteiger partial charge in [0.15, 0.2) is 0 Å². The highest BCUT2D eigenvalue weighted by Gasteiger charge is 2.19. The first-order valence-corrected chi connectivity index (χ1v) is 12.5. The van der Waals surface area contributed by atoms with Crippen LogP contribution in [-0.4, -0.2) is 52.1 Å². The lowest BCUT2D eigenvalue weighted by atomic mass is 10.00. The average Bonchev–Trinajstić information content (AvgIpc) is 3.29. The Balaban J connectivity index is 0.000000671. The van der Waals surface area contributed by atoms with Gasteiger partial charge in [-0.2, -0.15) is 0 Å². The fraction of sp³-hybridized carbons (Fsp3) is 0.480. The zero-order valence-electron chi connectivity index (χ0n) is 20.1. The van der Waals surface area contributed by atoms with E-state index >= 15 is 0 Å². The average molecular weight is 456 g/mol. The number of piperazine rings is 1. The maximum atomic E-state index is 10.6. The Bertz CT molecular complexity index is 912. The van der Waals surface area contributed by atoms with E-state index in [9.17, 15) is 5.11 Å². The zero-order chi connectivity index (χ0) is 23.3. The van der Waals surface area contributed by atoms with Gasteiger partial charge in [-0.05, 0) is 41.7 Å². The molecule has 0 bridgehead atoms. The van der Waals surface area contributed by atoms with E-state index in [1.165, 1.54) is 23.5 Å². The summed E-state index contributed by atoms with van der Waals surface area (Å²) in [6.07, 6.45) is 6.87. The second-order valence-corrected chi connectivity index (χ2v) is 8.08. The summed E-state index contributed by atoms with van der Waals surface area (Å²) in [6.45, 7) is 14.3. The van der Waals surface area contributed by atoms with E-state index in [2.05, 4.69) is 51.6 Å². The second kappa shape index (κ2) is 13.8. The molecule has 0 radical (unpaired) electrons. The van der Waals surface area contributed by atoms with E-state index in [0.29, 0.717) is 11.3 Å². The van der Waals surface area contributed by atoms with Crippen molar-refractivity contribution in [1.29, 1.82) is 0 Å². The van der Waals surface area contributed by atoms with E-state index in [0.717, 1.165) is 56.0 Å². The predicted octanol–water partition coefficient (Wildman–Crippen LogP) is 5.71. The highest BCUT2D eigenvalue weighted by Crippen LogP contribution is 2.29. The van der Waals surface area contributed by atoms with Crippen molar-refractivity contribution in [3.8, 4) is 16.9 Å². The molecule has 3 heterocycles. The smallest absolute Gasteiger partial charge is 0.131 e. The molecule has 1 fully saturated rings. The molecule has 0 saturated carbocycles. The van der Waals surface area contributed by atoms with Gasteiger partial charge in [0.2, 0.25) is 0 Å². The molecule has 32 heavy (non-hydrogen) atoms. The SMILES string of the molecule is CC.CCC.CCC1=CC(c2ccc(-c3cnsc3)cc2O)=NN=C(N2CCNCC2)C1. The van der Waals surface area contributed by atoms with Crippen LogP contribution in [0.15, 0.2) is 51.6 Å². The molecule has 1 aromatic heterocycles. The van der Waals surface area contributed by atoms with Crippen LogP contribution >= 0.6 is 11.5 Å². The van der Waals surface area contributed by atoms with Crippen LogP contribution < -0.4 is 5.32 Å². The van der Waals surface area contributed by atoms with Crippen LogP contribution in [0.3, 0.4) is 0 Å². The van der Waals surface area contributed by atoms with E-state index < -0.39 is 0 Å². The Morgan fingerprint density at radius 1 is 1.06 bits per heavy atom. The quantitative estimate of drug-likeness (QED) is 0.622. The van der Waals surface area contributed by atoms with Gasteiger partial charge in [0.1, 0.15) is 11.6 Å². The molecule has 1 aromatic carbocycles. The molecular formula is C25H37N5OS. The molecule has 7 heteroatoms. The van der Waals surface area contributed by atoms with Gasteiger partial charge in [-0.3, -0.25) is 0 Å². The van der Waals surface area contributed by atoms with Crippen LogP contribution in [-0.2, 0) is 0 Å². The number of phenolic OH excluding ortho intramolecular Hbond substituents is 1. The first kappa shape index (κ1) is 25.7. The molecule has 6 nitrogen and oxygen atoms in total. The predicted molar refractivity (Wildman–Crippen MR) is 138 cm³/mol. The minimum absolute atomic E-state index is 0.213. The van der Waals surface area contributed by atoms with Gasteiger partial charge in [0.05, 0.1) is 5.71 Å². The number of rotatable bonds is 3. The second-order valence-electron chi connectivity index (χ2n) is 7.42. The molecule has 0 aliphatic carbocycles. The maximum Gasteiger partial charge on any atom is 0.131 e. The lowest BCUT2D eigenvalue weighted by Gasteiger charge is -2.29. The third-order valence-electron chi connectivity index (χ3n) is 4.97. The molecule has 2 N–H and O–H groups in total. The summed E-state index contributed by atoms with van der Waals surface area (Å²) in [5, 5.41) is 25.0. The van der Waals surface area contributed by atoms with Crippen molar-refractivity contribution < 1.29 is 5.11 Å². The van der Waals surface area contributed by atoms with Gasteiger partial charge in [0.25, 0.3) is 0 Å². The molecule has 2 aliphatic rings. The molecule has 0 amide bonds. The summed E-state index contributed by atoms with van der Waals surface area (Å²) in [6, 6.07) is 5.68. The van der Waals surface area contributed by atoms with Crippen LogP contribution in [0.5, 0.6) is 5.75 Å². The first-order chi connectivity index (χ1) is 15.7. The molecule has 0 atom stereocenters. The van der Waals surface area contributed by atoms with Gasteiger partial charge in [0, 0.05) is 55.3 Å². The monoisotopic (exact) mass is 455 g/mol. The number of allylic oxidation sites excluding steroid dienone is 1.